The summed E-state index contributed by atoms with van der Waals surface area (Å²) in [6, 6.07) is 23.5. The van der Waals surface area contributed by atoms with Gasteiger partial charge in [-0.05, 0) is 46.9 Å². The van der Waals surface area contributed by atoms with Gasteiger partial charge in [-0.3, -0.25) is 4.79 Å². The molecule has 0 radical (unpaired) electrons. The zero-order valence-electron chi connectivity index (χ0n) is 18.4. The minimum atomic E-state index is -0.626. The SMILES string of the molecule is CCOCCNCc1ccc2c(c1)[C@@H](NC(=O)c1ccc(-c3ccccc3)cc1)[C@H](O)C2. The molecule has 0 heterocycles. The normalized spacial score (nSPS) is 17.2. The number of amides is 1. The van der Waals surface area contributed by atoms with Crippen molar-refractivity contribution >= 4 is 5.91 Å². The number of fused-ring (bicyclic) bond motifs is 1. The minimum absolute atomic E-state index is 0.179. The van der Waals surface area contributed by atoms with E-state index in [0.717, 1.165) is 47.5 Å². The maximum absolute atomic E-state index is 12.9. The van der Waals surface area contributed by atoms with Gasteiger partial charge in [0, 0.05) is 31.7 Å². The molecule has 3 aromatic carbocycles. The van der Waals surface area contributed by atoms with E-state index in [2.05, 4.69) is 28.8 Å². The monoisotopic (exact) mass is 430 g/mol. The van der Waals surface area contributed by atoms with Crippen LogP contribution in [0.25, 0.3) is 11.1 Å². The van der Waals surface area contributed by atoms with Gasteiger partial charge < -0.3 is 20.5 Å². The molecule has 3 aromatic rings. The number of carbonyl (C=O) groups is 1. The minimum Gasteiger partial charge on any atom is -0.390 e. The van der Waals surface area contributed by atoms with Crippen molar-refractivity contribution in [1.29, 1.82) is 0 Å². The van der Waals surface area contributed by atoms with Gasteiger partial charge >= 0.3 is 0 Å². The molecule has 2 atom stereocenters. The van der Waals surface area contributed by atoms with Crippen molar-refractivity contribution in [2.24, 2.45) is 0 Å². The van der Waals surface area contributed by atoms with E-state index in [-0.39, 0.29) is 5.91 Å². The van der Waals surface area contributed by atoms with Crippen molar-refractivity contribution in [2.75, 3.05) is 19.8 Å². The molecule has 0 bridgehead atoms. The first-order valence-corrected chi connectivity index (χ1v) is 11.2. The summed E-state index contributed by atoms with van der Waals surface area (Å²) >= 11 is 0. The van der Waals surface area contributed by atoms with Gasteiger partial charge in [0.1, 0.15) is 0 Å². The van der Waals surface area contributed by atoms with E-state index >= 15 is 0 Å². The number of nitrogens with one attached hydrogen (secondary N) is 2. The number of aliphatic hydroxyl groups excluding tert-OH is 1. The highest BCUT2D eigenvalue weighted by molar-refractivity contribution is 5.95. The molecular formula is C27H30N2O3. The average molecular weight is 431 g/mol. The molecule has 3 N–H and O–H groups in total. The quantitative estimate of drug-likeness (QED) is 0.451. The Morgan fingerprint density at radius 3 is 2.53 bits per heavy atom. The molecule has 0 aromatic heterocycles. The summed E-state index contributed by atoms with van der Waals surface area (Å²) in [7, 11) is 0. The topological polar surface area (TPSA) is 70.6 Å². The van der Waals surface area contributed by atoms with Crippen LogP contribution in [0.5, 0.6) is 0 Å². The van der Waals surface area contributed by atoms with Crippen LogP contribution in [0.3, 0.4) is 0 Å². The van der Waals surface area contributed by atoms with E-state index in [4.69, 9.17) is 4.74 Å². The maximum atomic E-state index is 12.9. The second kappa shape index (κ2) is 10.6. The van der Waals surface area contributed by atoms with E-state index < -0.39 is 12.1 Å². The maximum Gasteiger partial charge on any atom is 0.251 e. The molecule has 0 saturated carbocycles. The van der Waals surface area contributed by atoms with Crippen LogP contribution >= 0.6 is 0 Å². The lowest BCUT2D eigenvalue weighted by atomic mass is 10.0. The number of ether oxygens (including phenoxy) is 1. The van der Waals surface area contributed by atoms with E-state index in [1.807, 2.05) is 61.5 Å². The molecule has 5 heteroatoms. The Morgan fingerprint density at radius 2 is 1.78 bits per heavy atom. The van der Waals surface area contributed by atoms with Gasteiger partial charge in [-0.25, -0.2) is 0 Å². The molecule has 0 spiro atoms. The van der Waals surface area contributed by atoms with Crippen LogP contribution in [0.4, 0.5) is 0 Å². The number of hydrogen-bond acceptors (Lipinski definition) is 4. The van der Waals surface area contributed by atoms with E-state index in [1.54, 1.807) is 0 Å². The molecule has 1 amide bonds. The molecule has 4 rings (SSSR count). The molecule has 1 aliphatic carbocycles. The highest BCUT2D eigenvalue weighted by Gasteiger charge is 2.32. The van der Waals surface area contributed by atoms with Gasteiger partial charge in [0.25, 0.3) is 5.91 Å². The largest absolute Gasteiger partial charge is 0.390 e. The number of rotatable bonds is 9. The number of hydrogen-bond donors (Lipinski definition) is 3. The van der Waals surface area contributed by atoms with Crippen molar-refractivity contribution in [3.8, 4) is 11.1 Å². The molecule has 0 saturated heterocycles. The standard InChI is InChI=1S/C27H30N2O3/c1-2-32-15-14-28-18-19-8-9-23-17-25(30)26(24(23)16-19)29-27(31)22-12-10-21(11-13-22)20-6-4-3-5-7-20/h3-13,16,25-26,28,30H,2,14-15,17-18H2,1H3,(H,29,31)/t25-,26-/m1/s1. The van der Waals surface area contributed by atoms with Crippen molar-refractivity contribution in [3.63, 3.8) is 0 Å². The van der Waals surface area contributed by atoms with Crippen LogP contribution in [0.15, 0.2) is 72.8 Å². The van der Waals surface area contributed by atoms with Crippen LogP contribution in [0, 0.1) is 0 Å². The summed E-state index contributed by atoms with van der Waals surface area (Å²) in [6.07, 6.45) is -0.0793. The Kier molecular flexibility index (Phi) is 7.32. The predicted octanol–water partition coefficient (Wildman–Crippen LogP) is 3.87. The van der Waals surface area contributed by atoms with E-state index in [1.165, 1.54) is 0 Å². The second-order valence-electron chi connectivity index (χ2n) is 8.07. The fraction of sp³-hybridized carbons (Fsp3) is 0.296. The lowest BCUT2D eigenvalue weighted by Gasteiger charge is -2.19. The molecule has 0 aliphatic heterocycles. The number of aliphatic hydroxyl groups is 1. The van der Waals surface area contributed by atoms with Gasteiger partial charge in [-0.2, -0.15) is 0 Å². The van der Waals surface area contributed by atoms with Gasteiger partial charge in [0.2, 0.25) is 0 Å². The van der Waals surface area contributed by atoms with Crippen LogP contribution < -0.4 is 10.6 Å². The molecule has 166 valence electrons. The Bertz CT molecular complexity index is 1030. The highest BCUT2D eigenvalue weighted by atomic mass is 16.5. The molecule has 5 nitrogen and oxygen atoms in total. The third-order valence-electron chi connectivity index (χ3n) is 5.86. The second-order valence-corrected chi connectivity index (χ2v) is 8.07. The van der Waals surface area contributed by atoms with Gasteiger partial charge in [-0.15, -0.1) is 0 Å². The van der Waals surface area contributed by atoms with E-state index in [0.29, 0.717) is 18.6 Å². The van der Waals surface area contributed by atoms with Crippen LogP contribution in [-0.2, 0) is 17.7 Å². The first-order chi connectivity index (χ1) is 15.7. The number of benzene rings is 3. The Balaban J connectivity index is 1.42. The lowest BCUT2D eigenvalue weighted by molar-refractivity contribution is 0.0858. The Labute approximate surface area is 189 Å². The van der Waals surface area contributed by atoms with Crippen molar-refractivity contribution in [1.82, 2.24) is 10.6 Å². The molecule has 0 unspecified atom stereocenters. The molecular weight excluding hydrogens is 400 g/mol. The van der Waals surface area contributed by atoms with Crippen LogP contribution in [0.2, 0.25) is 0 Å². The molecule has 0 fully saturated rings. The summed E-state index contributed by atoms with van der Waals surface area (Å²) in [5.74, 6) is -0.179. The highest BCUT2D eigenvalue weighted by Crippen LogP contribution is 2.32. The summed E-state index contributed by atoms with van der Waals surface area (Å²) in [6.45, 7) is 4.89. The fourth-order valence-electron chi connectivity index (χ4n) is 4.14. The Hall–Kier alpha value is -2.99. The van der Waals surface area contributed by atoms with Crippen molar-refractivity contribution < 1.29 is 14.6 Å². The van der Waals surface area contributed by atoms with Gasteiger partial charge in [0.05, 0.1) is 18.8 Å². The fourth-order valence-corrected chi connectivity index (χ4v) is 4.14. The van der Waals surface area contributed by atoms with Gasteiger partial charge in [0.15, 0.2) is 0 Å². The van der Waals surface area contributed by atoms with Gasteiger partial charge in [-0.1, -0.05) is 60.7 Å². The summed E-state index contributed by atoms with van der Waals surface area (Å²) in [5.41, 5.74) is 5.97. The van der Waals surface area contributed by atoms with Crippen LogP contribution in [0.1, 0.15) is 40.0 Å². The first kappa shape index (κ1) is 22.2. The predicted molar refractivity (Wildman–Crippen MR) is 126 cm³/mol. The number of carbonyl (C=O) groups excluding carboxylic acids is 1. The summed E-state index contributed by atoms with van der Waals surface area (Å²) in [5, 5.41) is 17.0. The van der Waals surface area contributed by atoms with Crippen LogP contribution in [-0.4, -0.2) is 36.9 Å². The molecule has 1 aliphatic rings. The van der Waals surface area contributed by atoms with Crippen molar-refractivity contribution in [2.45, 2.75) is 32.0 Å². The summed E-state index contributed by atoms with van der Waals surface area (Å²) in [4.78, 5) is 12.9. The summed E-state index contributed by atoms with van der Waals surface area (Å²) < 4.78 is 5.35. The third kappa shape index (κ3) is 5.25. The Morgan fingerprint density at radius 1 is 1.03 bits per heavy atom. The van der Waals surface area contributed by atoms with E-state index in [9.17, 15) is 9.90 Å². The zero-order chi connectivity index (χ0) is 22.3. The smallest absolute Gasteiger partial charge is 0.251 e. The average Bonchev–Trinajstić information content (AvgIpc) is 3.14. The van der Waals surface area contributed by atoms with Crippen molar-refractivity contribution in [3.05, 3.63) is 95.1 Å². The molecule has 32 heavy (non-hydrogen) atoms. The zero-order valence-corrected chi connectivity index (χ0v) is 18.4. The lowest BCUT2D eigenvalue weighted by Crippen LogP contribution is -2.33. The third-order valence-corrected chi connectivity index (χ3v) is 5.86. The first-order valence-electron chi connectivity index (χ1n) is 11.2.